The van der Waals surface area contributed by atoms with Gasteiger partial charge in [-0.25, -0.2) is 0 Å². The van der Waals surface area contributed by atoms with Crippen molar-refractivity contribution >= 4 is 18.4 Å². The Kier molecular flexibility index (Phi) is 6.32. The van der Waals surface area contributed by atoms with E-state index in [1.165, 1.54) is 5.56 Å². The molecule has 0 bridgehead atoms. The Labute approximate surface area is 120 Å². The van der Waals surface area contributed by atoms with Crippen molar-refractivity contribution in [1.82, 2.24) is 0 Å². The number of benzene rings is 1. The summed E-state index contributed by atoms with van der Waals surface area (Å²) in [7, 11) is 0. The summed E-state index contributed by atoms with van der Waals surface area (Å²) < 4.78 is 0. The van der Waals surface area contributed by atoms with Crippen LogP contribution in [0.2, 0.25) is 0 Å². The zero-order chi connectivity index (χ0) is 13.0. The third-order valence-electron chi connectivity index (χ3n) is 4.18. The van der Waals surface area contributed by atoms with Crippen molar-refractivity contribution in [2.45, 2.75) is 31.6 Å². The van der Waals surface area contributed by atoms with E-state index >= 15 is 0 Å². The molecule has 1 aliphatic carbocycles. The van der Waals surface area contributed by atoms with Crippen LogP contribution in [-0.4, -0.2) is 17.6 Å². The summed E-state index contributed by atoms with van der Waals surface area (Å²) in [6, 6.07) is 10.5. The first-order valence-corrected chi connectivity index (χ1v) is 6.70. The molecule has 0 saturated heterocycles. The summed E-state index contributed by atoms with van der Waals surface area (Å²) in [6.07, 6.45) is 4.12. The summed E-state index contributed by atoms with van der Waals surface area (Å²) in [5.41, 5.74) is 6.95. The highest BCUT2D eigenvalue weighted by molar-refractivity contribution is 5.85. The van der Waals surface area contributed by atoms with E-state index in [-0.39, 0.29) is 30.8 Å². The second-order valence-corrected chi connectivity index (χ2v) is 5.20. The van der Waals surface area contributed by atoms with Gasteiger partial charge in [0.25, 0.3) is 0 Å². The Hall–Kier alpha value is -1.06. The molecule has 3 N–H and O–H groups in total. The zero-order valence-electron chi connectivity index (χ0n) is 11.0. The van der Waals surface area contributed by atoms with E-state index in [9.17, 15) is 4.79 Å². The Balaban J connectivity index is 0.00000180. The molecule has 1 aromatic rings. The first-order valence-electron chi connectivity index (χ1n) is 6.70. The van der Waals surface area contributed by atoms with Crippen molar-refractivity contribution in [3.63, 3.8) is 0 Å². The standard InChI is InChI=1S/C15H21NO2.ClH/c16-10-14(15(17)18)13-8-6-12(7-9-13)11-4-2-1-3-5-11;/h1-5,12-14H,6-10,16H2,(H,17,18);1H. The van der Waals surface area contributed by atoms with Gasteiger partial charge in [0.2, 0.25) is 0 Å². The summed E-state index contributed by atoms with van der Waals surface area (Å²) in [6.45, 7) is 0.260. The van der Waals surface area contributed by atoms with Gasteiger partial charge in [0.1, 0.15) is 0 Å². The highest BCUT2D eigenvalue weighted by atomic mass is 35.5. The van der Waals surface area contributed by atoms with E-state index in [0.717, 1.165) is 25.7 Å². The second-order valence-electron chi connectivity index (χ2n) is 5.20. The highest BCUT2D eigenvalue weighted by Crippen LogP contribution is 2.38. The highest BCUT2D eigenvalue weighted by Gasteiger charge is 2.31. The smallest absolute Gasteiger partial charge is 0.308 e. The average molecular weight is 284 g/mol. The fourth-order valence-electron chi connectivity index (χ4n) is 3.08. The number of hydrogen-bond donors (Lipinski definition) is 2. The number of halogens is 1. The predicted octanol–water partition coefficient (Wildman–Crippen LogP) is 3.04. The Morgan fingerprint density at radius 2 is 1.79 bits per heavy atom. The van der Waals surface area contributed by atoms with E-state index in [0.29, 0.717) is 5.92 Å². The number of carbonyl (C=O) groups is 1. The van der Waals surface area contributed by atoms with Crippen LogP contribution in [0.4, 0.5) is 0 Å². The number of carboxylic acids is 1. The summed E-state index contributed by atoms with van der Waals surface area (Å²) in [5, 5.41) is 9.13. The molecule has 1 unspecified atom stereocenters. The Morgan fingerprint density at radius 1 is 1.21 bits per heavy atom. The lowest BCUT2D eigenvalue weighted by molar-refractivity contribution is -0.143. The Morgan fingerprint density at radius 3 is 2.26 bits per heavy atom. The van der Waals surface area contributed by atoms with Crippen molar-refractivity contribution in [1.29, 1.82) is 0 Å². The molecule has 1 atom stereocenters. The minimum absolute atomic E-state index is 0. The van der Waals surface area contributed by atoms with Gasteiger partial charge in [0.05, 0.1) is 5.92 Å². The molecular weight excluding hydrogens is 262 g/mol. The van der Waals surface area contributed by atoms with Gasteiger partial charge in [-0.15, -0.1) is 12.4 Å². The number of nitrogens with two attached hydrogens (primary N) is 1. The molecule has 0 radical (unpaired) electrons. The van der Waals surface area contributed by atoms with Crippen LogP contribution in [0.1, 0.15) is 37.2 Å². The first-order chi connectivity index (χ1) is 8.72. The van der Waals surface area contributed by atoms with Crippen LogP contribution in [0.25, 0.3) is 0 Å². The monoisotopic (exact) mass is 283 g/mol. The van der Waals surface area contributed by atoms with Crippen LogP contribution in [0, 0.1) is 11.8 Å². The maximum Gasteiger partial charge on any atom is 0.308 e. The van der Waals surface area contributed by atoms with Crippen LogP contribution in [-0.2, 0) is 4.79 Å². The SMILES string of the molecule is Cl.NCC(C(=O)O)C1CCC(c2ccccc2)CC1. The van der Waals surface area contributed by atoms with Crippen molar-refractivity contribution < 1.29 is 9.90 Å². The fourth-order valence-corrected chi connectivity index (χ4v) is 3.08. The van der Waals surface area contributed by atoms with Gasteiger partial charge in [-0.05, 0) is 43.1 Å². The van der Waals surface area contributed by atoms with Gasteiger partial charge in [-0.2, -0.15) is 0 Å². The van der Waals surface area contributed by atoms with Crippen molar-refractivity contribution in [2.75, 3.05) is 6.54 Å². The first kappa shape index (κ1) is 16.0. The summed E-state index contributed by atoms with van der Waals surface area (Å²) >= 11 is 0. The molecule has 3 nitrogen and oxygen atoms in total. The van der Waals surface area contributed by atoms with Gasteiger partial charge >= 0.3 is 5.97 Å². The molecule has 0 spiro atoms. The van der Waals surface area contributed by atoms with Gasteiger partial charge < -0.3 is 10.8 Å². The fraction of sp³-hybridized carbons (Fsp3) is 0.533. The van der Waals surface area contributed by atoms with E-state index in [1.54, 1.807) is 0 Å². The van der Waals surface area contributed by atoms with Crippen LogP contribution in [0.5, 0.6) is 0 Å². The minimum atomic E-state index is -0.735. The topological polar surface area (TPSA) is 63.3 Å². The molecule has 0 heterocycles. The normalized spacial score (nSPS) is 24.3. The number of rotatable bonds is 4. The lowest BCUT2D eigenvalue weighted by Gasteiger charge is -2.31. The maximum atomic E-state index is 11.1. The molecule has 19 heavy (non-hydrogen) atoms. The third-order valence-corrected chi connectivity index (χ3v) is 4.18. The lowest BCUT2D eigenvalue weighted by atomic mass is 9.74. The van der Waals surface area contributed by atoms with Crippen LogP contribution < -0.4 is 5.73 Å². The van der Waals surface area contributed by atoms with Gasteiger partial charge in [0.15, 0.2) is 0 Å². The third kappa shape index (κ3) is 3.95. The van der Waals surface area contributed by atoms with E-state index in [4.69, 9.17) is 10.8 Å². The van der Waals surface area contributed by atoms with Crippen LogP contribution in [0.15, 0.2) is 30.3 Å². The van der Waals surface area contributed by atoms with Gasteiger partial charge in [-0.3, -0.25) is 4.79 Å². The van der Waals surface area contributed by atoms with E-state index in [2.05, 4.69) is 24.3 Å². The predicted molar refractivity (Wildman–Crippen MR) is 78.6 cm³/mol. The Bertz CT molecular complexity index is 388. The average Bonchev–Trinajstić information content (AvgIpc) is 2.41. The molecule has 4 heteroatoms. The van der Waals surface area contributed by atoms with Crippen LogP contribution in [0.3, 0.4) is 0 Å². The molecule has 0 aromatic heterocycles. The van der Waals surface area contributed by atoms with Crippen LogP contribution >= 0.6 is 12.4 Å². The molecule has 106 valence electrons. The van der Waals surface area contributed by atoms with Gasteiger partial charge in [0, 0.05) is 6.54 Å². The lowest BCUT2D eigenvalue weighted by Crippen LogP contribution is -2.33. The van der Waals surface area contributed by atoms with E-state index < -0.39 is 5.97 Å². The number of aliphatic carboxylic acids is 1. The maximum absolute atomic E-state index is 11.1. The number of hydrogen-bond acceptors (Lipinski definition) is 2. The second kappa shape index (κ2) is 7.51. The molecule has 1 aliphatic rings. The molecular formula is C15H22ClNO2. The van der Waals surface area contributed by atoms with E-state index in [1.807, 2.05) is 6.07 Å². The molecule has 2 rings (SSSR count). The zero-order valence-corrected chi connectivity index (χ0v) is 11.8. The van der Waals surface area contributed by atoms with Crippen molar-refractivity contribution in [3.05, 3.63) is 35.9 Å². The van der Waals surface area contributed by atoms with Crippen molar-refractivity contribution in [2.24, 2.45) is 17.6 Å². The molecule has 0 aliphatic heterocycles. The van der Waals surface area contributed by atoms with Crippen molar-refractivity contribution in [3.8, 4) is 0 Å². The quantitative estimate of drug-likeness (QED) is 0.893. The molecule has 0 amide bonds. The molecule has 1 aromatic carbocycles. The van der Waals surface area contributed by atoms with Gasteiger partial charge in [-0.1, -0.05) is 30.3 Å². The number of carboxylic acid groups (broad SMARTS) is 1. The summed E-state index contributed by atoms with van der Waals surface area (Å²) in [5.74, 6) is -0.246. The molecule has 1 saturated carbocycles. The summed E-state index contributed by atoms with van der Waals surface area (Å²) in [4.78, 5) is 11.1. The molecule has 1 fully saturated rings. The largest absolute Gasteiger partial charge is 0.481 e. The minimum Gasteiger partial charge on any atom is -0.481 e.